The van der Waals surface area contributed by atoms with E-state index in [1.165, 1.54) is 0 Å². The van der Waals surface area contributed by atoms with E-state index in [1.807, 2.05) is 17.0 Å². The number of likely N-dealkylation sites (tertiary alicyclic amines) is 1. The van der Waals surface area contributed by atoms with Crippen molar-refractivity contribution < 1.29 is 14.7 Å². The number of amides is 1. The van der Waals surface area contributed by atoms with Crippen LogP contribution < -0.4 is 0 Å². The summed E-state index contributed by atoms with van der Waals surface area (Å²) in [6, 6.07) is 12.4. The number of fused-ring (bicyclic) bond motifs is 1. The summed E-state index contributed by atoms with van der Waals surface area (Å²) in [6.07, 6.45) is 5.07. The molecule has 1 aliphatic rings. The molecule has 1 aliphatic heterocycles. The molecule has 0 bridgehead atoms. The van der Waals surface area contributed by atoms with Gasteiger partial charge in [-0.15, -0.1) is 0 Å². The average molecular weight is 361 g/mol. The molecule has 2 aromatic carbocycles. The van der Waals surface area contributed by atoms with Gasteiger partial charge in [0.1, 0.15) is 0 Å². The average Bonchev–Trinajstić information content (AvgIpc) is 2.73. The van der Waals surface area contributed by atoms with Gasteiger partial charge < -0.3 is 10.0 Å². The van der Waals surface area contributed by atoms with Crippen LogP contribution >= 0.6 is 0 Å². The molecule has 27 heavy (non-hydrogen) atoms. The topological polar surface area (TPSA) is 83.4 Å². The Kier molecular flexibility index (Phi) is 4.54. The summed E-state index contributed by atoms with van der Waals surface area (Å²) in [7, 11) is 0. The van der Waals surface area contributed by atoms with Crippen molar-refractivity contribution in [2.45, 2.75) is 18.8 Å². The van der Waals surface area contributed by atoms with Crippen LogP contribution in [0.1, 0.15) is 45.0 Å². The first-order chi connectivity index (χ1) is 13.1. The van der Waals surface area contributed by atoms with Gasteiger partial charge in [-0.05, 0) is 48.7 Å². The molecule has 3 aromatic rings. The van der Waals surface area contributed by atoms with Crippen molar-refractivity contribution in [3.8, 4) is 0 Å². The highest BCUT2D eigenvalue weighted by atomic mass is 16.4. The van der Waals surface area contributed by atoms with Crippen LogP contribution in [0.15, 0.2) is 54.9 Å². The molecule has 136 valence electrons. The van der Waals surface area contributed by atoms with Gasteiger partial charge in [-0.1, -0.05) is 12.1 Å². The van der Waals surface area contributed by atoms with Gasteiger partial charge in [0, 0.05) is 37.0 Å². The Morgan fingerprint density at radius 1 is 1.00 bits per heavy atom. The van der Waals surface area contributed by atoms with Crippen LogP contribution in [0.25, 0.3) is 11.0 Å². The highest BCUT2D eigenvalue weighted by molar-refractivity contribution is 5.97. The molecular weight excluding hydrogens is 342 g/mol. The highest BCUT2D eigenvalue weighted by Crippen LogP contribution is 2.28. The predicted molar refractivity (Wildman–Crippen MR) is 101 cm³/mol. The molecule has 0 aliphatic carbocycles. The van der Waals surface area contributed by atoms with Crippen molar-refractivity contribution in [3.05, 3.63) is 71.5 Å². The SMILES string of the molecule is O=C(O)c1cccc(C2CCCN(C(=O)c3ccc4nccnc4c3)C2)c1. The molecule has 1 aromatic heterocycles. The minimum Gasteiger partial charge on any atom is -0.478 e. The van der Waals surface area contributed by atoms with E-state index in [2.05, 4.69) is 9.97 Å². The van der Waals surface area contributed by atoms with Gasteiger partial charge in [-0.25, -0.2) is 4.79 Å². The summed E-state index contributed by atoms with van der Waals surface area (Å²) in [5, 5.41) is 9.21. The highest BCUT2D eigenvalue weighted by Gasteiger charge is 2.26. The summed E-state index contributed by atoms with van der Waals surface area (Å²) < 4.78 is 0. The Balaban J connectivity index is 1.56. The number of hydrogen-bond donors (Lipinski definition) is 1. The lowest BCUT2D eigenvalue weighted by molar-refractivity contribution is 0.0688. The maximum Gasteiger partial charge on any atom is 0.335 e. The largest absolute Gasteiger partial charge is 0.478 e. The van der Waals surface area contributed by atoms with Crippen molar-refractivity contribution in [1.29, 1.82) is 0 Å². The first-order valence-corrected chi connectivity index (χ1v) is 8.95. The Labute approximate surface area is 156 Å². The van der Waals surface area contributed by atoms with Crippen LogP contribution in [0, 0.1) is 0 Å². The lowest BCUT2D eigenvalue weighted by Gasteiger charge is -2.33. The number of aromatic nitrogens is 2. The normalized spacial score (nSPS) is 17.0. The summed E-state index contributed by atoms with van der Waals surface area (Å²) >= 11 is 0. The number of carbonyl (C=O) groups is 2. The van der Waals surface area contributed by atoms with Gasteiger partial charge in [0.2, 0.25) is 0 Å². The molecular formula is C21H19N3O3. The van der Waals surface area contributed by atoms with E-state index < -0.39 is 5.97 Å². The fraction of sp³-hybridized carbons (Fsp3) is 0.238. The Bertz CT molecular complexity index is 1020. The van der Waals surface area contributed by atoms with Crippen LogP contribution in [0.3, 0.4) is 0 Å². The molecule has 6 nitrogen and oxygen atoms in total. The van der Waals surface area contributed by atoms with Gasteiger partial charge in [0.15, 0.2) is 0 Å². The minimum absolute atomic E-state index is 0.0263. The van der Waals surface area contributed by atoms with E-state index in [0.717, 1.165) is 23.9 Å². The molecule has 0 radical (unpaired) electrons. The van der Waals surface area contributed by atoms with Crippen molar-refractivity contribution >= 4 is 22.9 Å². The molecule has 1 saturated heterocycles. The second-order valence-corrected chi connectivity index (χ2v) is 6.78. The fourth-order valence-corrected chi connectivity index (χ4v) is 3.64. The van der Waals surface area contributed by atoms with Gasteiger partial charge in [0.25, 0.3) is 5.91 Å². The molecule has 2 heterocycles. The molecule has 6 heteroatoms. The predicted octanol–water partition coefficient (Wildman–Crippen LogP) is 3.35. The van der Waals surface area contributed by atoms with Crippen molar-refractivity contribution in [2.75, 3.05) is 13.1 Å². The molecule has 1 N–H and O–H groups in total. The molecule has 1 amide bonds. The van der Waals surface area contributed by atoms with Crippen LogP contribution in [-0.2, 0) is 0 Å². The molecule has 4 rings (SSSR count). The van der Waals surface area contributed by atoms with Crippen molar-refractivity contribution in [2.24, 2.45) is 0 Å². The number of carboxylic acid groups (broad SMARTS) is 1. The minimum atomic E-state index is -0.933. The zero-order chi connectivity index (χ0) is 18.8. The lowest BCUT2D eigenvalue weighted by atomic mass is 9.89. The molecule has 1 atom stereocenters. The zero-order valence-electron chi connectivity index (χ0n) is 14.7. The summed E-state index contributed by atoms with van der Waals surface area (Å²) in [5.41, 5.74) is 3.31. The van der Waals surface area contributed by atoms with E-state index in [1.54, 1.807) is 42.7 Å². The third-order valence-corrected chi connectivity index (χ3v) is 5.03. The number of nitrogens with zero attached hydrogens (tertiary/aromatic N) is 3. The third kappa shape index (κ3) is 3.51. The number of hydrogen-bond acceptors (Lipinski definition) is 4. The first-order valence-electron chi connectivity index (χ1n) is 8.95. The number of carboxylic acids is 1. The second-order valence-electron chi connectivity index (χ2n) is 6.78. The van der Waals surface area contributed by atoms with Crippen molar-refractivity contribution in [1.82, 2.24) is 14.9 Å². The Morgan fingerprint density at radius 3 is 2.63 bits per heavy atom. The van der Waals surface area contributed by atoms with E-state index in [-0.39, 0.29) is 17.4 Å². The number of benzene rings is 2. The zero-order valence-corrected chi connectivity index (χ0v) is 14.7. The molecule has 1 unspecified atom stereocenters. The molecule has 0 spiro atoms. The second kappa shape index (κ2) is 7.15. The first kappa shape index (κ1) is 17.1. The fourth-order valence-electron chi connectivity index (χ4n) is 3.64. The van der Waals surface area contributed by atoms with Crippen LogP contribution in [-0.4, -0.2) is 44.9 Å². The van der Waals surface area contributed by atoms with E-state index in [9.17, 15) is 14.7 Å². The lowest BCUT2D eigenvalue weighted by Crippen LogP contribution is -2.39. The summed E-state index contributed by atoms with van der Waals surface area (Å²) in [5.74, 6) is -0.818. The standard InChI is InChI=1S/C21H19N3O3/c25-20(15-6-7-18-19(12-15)23-9-8-22-18)24-10-2-5-17(13-24)14-3-1-4-16(11-14)21(26)27/h1,3-4,6-9,11-12,17H,2,5,10,13H2,(H,26,27). The van der Waals surface area contributed by atoms with Crippen LogP contribution in [0.5, 0.6) is 0 Å². The van der Waals surface area contributed by atoms with Gasteiger partial charge in [0.05, 0.1) is 16.6 Å². The van der Waals surface area contributed by atoms with E-state index in [4.69, 9.17) is 0 Å². The molecule has 1 fully saturated rings. The quantitative estimate of drug-likeness (QED) is 0.773. The van der Waals surface area contributed by atoms with Gasteiger partial charge in [-0.2, -0.15) is 0 Å². The smallest absolute Gasteiger partial charge is 0.335 e. The van der Waals surface area contributed by atoms with Crippen LogP contribution in [0.2, 0.25) is 0 Å². The van der Waals surface area contributed by atoms with E-state index in [0.29, 0.717) is 24.2 Å². The Morgan fingerprint density at radius 2 is 1.81 bits per heavy atom. The third-order valence-electron chi connectivity index (χ3n) is 5.03. The maximum absolute atomic E-state index is 13.0. The van der Waals surface area contributed by atoms with Gasteiger partial charge >= 0.3 is 5.97 Å². The van der Waals surface area contributed by atoms with E-state index >= 15 is 0 Å². The van der Waals surface area contributed by atoms with Crippen molar-refractivity contribution in [3.63, 3.8) is 0 Å². The maximum atomic E-state index is 13.0. The van der Waals surface area contributed by atoms with Gasteiger partial charge in [-0.3, -0.25) is 14.8 Å². The number of rotatable bonds is 3. The molecule has 0 saturated carbocycles. The van der Waals surface area contributed by atoms with Crippen LogP contribution in [0.4, 0.5) is 0 Å². The number of aromatic carboxylic acids is 1. The Hall–Kier alpha value is -3.28. The summed E-state index contributed by atoms with van der Waals surface area (Å²) in [6.45, 7) is 1.28. The number of piperidine rings is 1. The summed E-state index contributed by atoms with van der Waals surface area (Å²) in [4.78, 5) is 34.6. The monoisotopic (exact) mass is 361 g/mol. The number of carbonyl (C=O) groups excluding carboxylic acids is 1.